The van der Waals surface area contributed by atoms with E-state index >= 15 is 0 Å². The van der Waals surface area contributed by atoms with Crippen molar-refractivity contribution < 1.29 is 19.5 Å². The summed E-state index contributed by atoms with van der Waals surface area (Å²) in [4.78, 5) is 52.8. The monoisotopic (exact) mass is 450 g/mol. The molecule has 0 unspecified atom stereocenters. The molecule has 1 aromatic carbocycles. The fourth-order valence-corrected chi connectivity index (χ4v) is 4.32. The van der Waals surface area contributed by atoms with Gasteiger partial charge in [-0.2, -0.15) is 0 Å². The third-order valence-electron chi connectivity index (χ3n) is 5.98. The van der Waals surface area contributed by atoms with Crippen molar-refractivity contribution in [2.45, 2.75) is 25.0 Å². The number of benzene rings is 1. The molecule has 1 fully saturated rings. The maximum Gasteiger partial charge on any atom is 0.244 e. The third kappa shape index (κ3) is 3.74. The molecule has 4 heterocycles. The summed E-state index contributed by atoms with van der Waals surface area (Å²) in [6.07, 6.45) is 1.95. The average molecular weight is 450 g/mol. The summed E-state index contributed by atoms with van der Waals surface area (Å²) in [5, 5.41) is 13.3. The normalized spacial score (nSPS) is 20.1. The zero-order chi connectivity index (χ0) is 23.1. The van der Waals surface area contributed by atoms with E-state index in [1.165, 1.54) is 22.5 Å². The number of imidazole rings is 1. The summed E-state index contributed by atoms with van der Waals surface area (Å²) in [6.45, 7) is 0.290. The van der Waals surface area contributed by atoms with Crippen molar-refractivity contribution in [1.82, 2.24) is 24.4 Å². The molecule has 12 heteroatoms. The molecule has 3 aromatic rings. The van der Waals surface area contributed by atoms with E-state index in [-0.39, 0.29) is 56.0 Å². The molecule has 0 saturated carbocycles. The molecule has 0 spiro atoms. The quantitative estimate of drug-likeness (QED) is 0.497. The largest absolute Gasteiger partial charge is 0.389 e. The summed E-state index contributed by atoms with van der Waals surface area (Å²) in [6, 6.07) is 6.59. The Morgan fingerprint density at radius 3 is 2.76 bits per heavy atom. The molecule has 0 radical (unpaired) electrons. The van der Waals surface area contributed by atoms with Gasteiger partial charge < -0.3 is 30.5 Å². The summed E-state index contributed by atoms with van der Waals surface area (Å²) in [5.41, 5.74) is 7.93. The van der Waals surface area contributed by atoms with E-state index in [4.69, 9.17) is 5.73 Å². The number of likely N-dealkylation sites (tertiary alicyclic amines) is 1. The molecule has 33 heavy (non-hydrogen) atoms. The number of para-hydroxylation sites is 2. The topological polar surface area (TPSA) is 160 Å². The Morgan fingerprint density at radius 1 is 1.12 bits per heavy atom. The van der Waals surface area contributed by atoms with Crippen LogP contribution in [0.5, 0.6) is 0 Å². The van der Waals surface area contributed by atoms with Gasteiger partial charge in [-0.1, -0.05) is 12.1 Å². The SMILES string of the molecule is Nc1ncnc2c1ncn2[C@H]1CN(C(=O)CCC(=O)N2CC(=O)Nc3ccccc32)C[C@@H]1O. The number of nitrogens with zero attached hydrogens (tertiary/aromatic N) is 6. The standard InChI is InChI=1S/C21H22N8O4/c22-20-19-21(24-10-23-20)29(11-25-19)14-7-27(8-15(14)30)17(32)5-6-18(33)28-9-16(31)26-12-3-1-2-4-13(12)28/h1-4,10-11,14-15,30H,5-9H2,(H,26,31)(H2,22,23,24)/t14-,15-/m0/s1. The van der Waals surface area contributed by atoms with E-state index < -0.39 is 12.1 Å². The van der Waals surface area contributed by atoms with Gasteiger partial charge in [-0.05, 0) is 12.1 Å². The van der Waals surface area contributed by atoms with Crippen LogP contribution in [0.3, 0.4) is 0 Å². The van der Waals surface area contributed by atoms with Gasteiger partial charge >= 0.3 is 0 Å². The van der Waals surface area contributed by atoms with E-state index in [0.717, 1.165) is 0 Å². The second kappa shape index (κ2) is 8.13. The zero-order valence-electron chi connectivity index (χ0n) is 17.6. The Morgan fingerprint density at radius 2 is 1.91 bits per heavy atom. The predicted octanol–water partition coefficient (Wildman–Crippen LogP) is -0.0818. The van der Waals surface area contributed by atoms with Crippen LogP contribution in [0.2, 0.25) is 0 Å². The number of aromatic nitrogens is 4. The summed E-state index contributed by atoms with van der Waals surface area (Å²) in [7, 11) is 0. The van der Waals surface area contributed by atoms with Crippen molar-refractivity contribution >= 4 is 46.1 Å². The minimum absolute atomic E-state index is 0.0294. The van der Waals surface area contributed by atoms with Crippen molar-refractivity contribution in [2.24, 2.45) is 0 Å². The first-order valence-electron chi connectivity index (χ1n) is 10.5. The van der Waals surface area contributed by atoms with Gasteiger partial charge in [0.05, 0.1) is 29.8 Å². The van der Waals surface area contributed by atoms with Gasteiger partial charge in [-0.15, -0.1) is 0 Å². The molecule has 12 nitrogen and oxygen atoms in total. The van der Waals surface area contributed by atoms with Crippen LogP contribution in [-0.2, 0) is 14.4 Å². The highest BCUT2D eigenvalue weighted by Crippen LogP contribution is 2.30. The number of aliphatic hydroxyl groups is 1. The van der Waals surface area contributed by atoms with Crippen LogP contribution in [0.25, 0.3) is 11.2 Å². The average Bonchev–Trinajstić information content (AvgIpc) is 3.40. The maximum absolute atomic E-state index is 12.8. The minimum atomic E-state index is -0.823. The Bertz CT molecular complexity index is 1260. The highest BCUT2D eigenvalue weighted by atomic mass is 16.3. The maximum atomic E-state index is 12.8. The van der Waals surface area contributed by atoms with Crippen molar-refractivity contribution in [1.29, 1.82) is 0 Å². The van der Waals surface area contributed by atoms with Crippen molar-refractivity contribution in [3.63, 3.8) is 0 Å². The van der Waals surface area contributed by atoms with E-state index in [1.54, 1.807) is 28.8 Å². The second-order valence-corrected chi connectivity index (χ2v) is 8.06. The zero-order valence-corrected chi connectivity index (χ0v) is 17.6. The lowest BCUT2D eigenvalue weighted by atomic mass is 10.1. The van der Waals surface area contributed by atoms with Gasteiger partial charge in [0.25, 0.3) is 0 Å². The predicted molar refractivity (Wildman–Crippen MR) is 118 cm³/mol. The number of nitrogens with two attached hydrogens (primary N) is 1. The Labute approximate surface area is 188 Å². The van der Waals surface area contributed by atoms with Crippen LogP contribution < -0.4 is 16.0 Å². The summed E-state index contributed by atoms with van der Waals surface area (Å²) in [5.74, 6) is -0.602. The lowest BCUT2D eigenvalue weighted by molar-refractivity contribution is -0.132. The molecule has 170 valence electrons. The molecule has 0 bridgehead atoms. The molecule has 1 saturated heterocycles. The molecule has 0 aliphatic carbocycles. The number of anilines is 3. The molecule has 2 aromatic heterocycles. The highest BCUT2D eigenvalue weighted by Gasteiger charge is 2.36. The van der Waals surface area contributed by atoms with Crippen molar-refractivity contribution in [3.05, 3.63) is 36.9 Å². The number of carbonyl (C=O) groups excluding carboxylic acids is 3. The summed E-state index contributed by atoms with van der Waals surface area (Å²) < 4.78 is 1.69. The van der Waals surface area contributed by atoms with Crippen LogP contribution >= 0.6 is 0 Å². The molecule has 2 aliphatic heterocycles. The number of carbonyl (C=O) groups is 3. The first kappa shape index (κ1) is 20.8. The van der Waals surface area contributed by atoms with E-state index in [1.807, 2.05) is 0 Å². The second-order valence-electron chi connectivity index (χ2n) is 8.06. The molecule has 2 atom stereocenters. The van der Waals surface area contributed by atoms with E-state index in [9.17, 15) is 19.5 Å². The molecular formula is C21H22N8O4. The highest BCUT2D eigenvalue weighted by molar-refractivity contribution is 6.10. The van der Waals surface area contributed by atoms with Gasteiger partial charge in [-0.3, -0.25) is 14.4 Å². The number of β-amino-alcohol motifs (C(OH)–C–C–N with tert-alkyl or cyclic N) is 1. The van der Waals surface area contributed by atoms with Crippen LogP contribution in [0, 0.1) is 0 Å². The van der Waals surface area contributed by atoms with Crippen LogP contribution in [0.4, 0.5) is 17.2 Å². The van der Waals surface area contributed by atoms with Crippen molar-refractivity contribution in [3.8, 4) is 0 Å². The van der Waals surface area contributed by atoms with E-state index in [0.29, 0.717) is 22.5 Å². The van der Waals surface area contributed by atoms with Gasteiger partial charge in [0.2, 0.25) is 17.7 Å². The lowest BCUT2D eigenvalue weighted by Gasteiger charge is -2.29. The van der Waals surface area contributed by atoms with Gasteiger partial charge in [0, 0.05) is 25.9 Å². The van der Waals surface area contributed by atoms with Gasteiger partial charge in [-0.25, -0.2) is 15.0 Å². The number of nitrogen functional groups attached to an aromatic ring is 1. The molecular weight excluding hydrogens is 428 g/mol. The van der Waals surface area contributed by atoms with Crippen LogP contribution in [-0.4, -0.2) is 73.0 Å². The fraction of sp³-hybridized carbons (Fsp3) is 0.333. The van der Waals surface area contributed by atoms with Crippen LogP contribution in [0.1, 0.15) is 18.9 Å². The number of nitrogens with one attached hydrogen (secondary N) is 1. The number of rotatable bonds is 4. The molecule has 3 amide bonds. The third-order valence-corrected chi connectivity index (χ3v) is 5.98. The number of hydrogen-bond donors (Lipinski definition) is 3. The van der Waals surface area contributed by atoms with Crippen LogP contribution in [0.15, 0.2) is 36.9 Å². The molecule has 2 aliphatic rings. The summed E-state index contributed by atoms with van der Waals surface area (Å²) >= 11 is 0. The van der Waals surface area contributed by atoms with Gasteiger partial charge in [0.1, 0.15) is 18.4 Å². The number of aliphatic hydroxyl groups excluding tert-OH is 1. The smallest absolute Gasteiger partial charge is 0.244 e. The number of fused-ring (bicyclic) bond motifs is 2. The first-order chi connectivity index (χ1) is 15.9. The minimum Gasteiger partial charge on any atom is -0.389 e. The molecule has 5 rings (SSSR count). The van der Waals surface area contributed by atoms with E-state index in [2.05, 4.69) is 20.3 Å². The first-order valence-corrected chi connectivity index (χ1v) is 10.5. The Kier molecular flexibility index (Phi) is 5.13. The Hall–Kier alpha value is -4.06. The van der Waals surface area contributed by atoms with Gasteiger partial charge in [0.15, 0.2) is 11.5 Å². The number of amides is 3. The molecule has 4 N–H and O–H groups in total. The van der Waals surface area contributed by atoms with Crippen molar-refractivity contribution in [2.75, 3.05) is 35.6 Å². The fourth-order valence-electron chi connectivity index (χ4n) is 4.32. The lowest BCUT2D eigenvalue weighted by Crippen LogP contribution is -2.42. The number of hydrogen-bond acceptors (Lipinski definition) is 8. The Balaban J connectivity index is 1.24.